The standard InChI is InChI=1S/C21H23N3O2/c1-15-9-16(2)11-19(10-15)24-20(12-17(3)23-24)22-21(25)14-26-13-18-7-5-4-6-8-18/h4-12H,13-14H2,1-3H3,(H,22,25). The molecule has 0 aliphatic carbocycles. The van der Waals surface area contributed by atoms with Crippen LogP contribution in [-0.2, 0) is 16.1 Å². The van der Waals surface area contributed by atoms with E-state index < -0.39 is 0 Å². The molecule has 2 aromatic carbocycles. The van der Waals surface area contributed by atoms with Gasteiger partial charge in [0.05, 0.1) is 18.0 Å². The third-order valence-corrected chi connectivity index (χ3v) is 3.89. The van der Waals surface area contributed by atoms with Crippen molar-refractivity contribution >= 4 is 11.7 Å². The molecule has 0 unspecified atom stereocenters. The third-order valence-electron chi connectivity index (χ3n) is 3.89. The summed E-state index contributed by atoms with van der Waals surface area (Å²) in [5.74, 6) is 0.437. The molecule has 1 N–H and O–H groups in total. The van der Waals surface area contributed by atoms with Gasteiger partial charge in [0.25, 0.3) is 5.91 Å². The zero-order valence-corrected chi connectivity index (χ0v) is 15.3. The van der Waals surface area contributed by atoms with E-state index in [2.05, 4.69) is 16.5 Å². The van der Waals surface area contributed by atoms with E-state index in [1.54, 1.807) is 4.68 Å². The number of ether oxygens (including phenoxy) is 1. The summed E-state index contributed by atoms with van der Waals surface area (Å²) < 4.78 is 7.26. The topological polar surface area (TPSA) is 56.2 Å². The van der Waals surface area contributed by atoms with Gasteiger partial charge in [0, 0.05) is 6.07 Å². The van der Waals surface area contributed by atoms with E-state index in [0.717, 1.165) is 28.1 Å². The van der Waals surface area contributed by atoms with Crippen LogP contribution in [0.4, 0.5) is 5.82 Å². The average molecular weight is 349 g/mol. The predicted octanol–water partition coefficient (Wildman–Crippen LogP) is 3.95. The highest BCUT2D eigenvalue weighted by atomic mass is 16.5. The minimum absolute atomic E-state index is 0.00797. The van der Waals surface area contributed by atoms with Crippen LogP contribution in [0.15, 0.2) is 54.6 Å². The van der Waals surface area contributed by atoms with Gasteiger partial charge in [-0.25, -0.2) is 4.68 Å². The fraction of sp³-hybridized carbons (Fsp3) is 0.238. The van der Waals surface area contributed by atoms with Gasteiger partial charge in [-0.15, -0.1) is 0 Å². The molecular formula is C21H23N3O2. The first-order chi connectivity index (χ1) is 12.5. The van der Waals surface area contributed by atoms with E-state index in [1.807, 2.05) is 69.3 Å². The van der Waals surface area contributed by atoms with Gasteiger partial charge in [0.1, 0.15) is 12.4 Å². The largest absolute Gasteiger partial charge is 0.367 e. The lowest BCUT2D eigenvalue weighted by Crippen LogP contribution is -2.20. The Kier molecular flexibility index (Phi) is 5.49. The van der Waals surface area contributed by atoms with Crippen molar-refractivity contribution in [2.24, 2.45) is 0 Å². The molecule has 134 valence electrons. The number of benzene rings is 2. The van der Waals surface area contributed by atoms with Crippen LogP contribution in [0.5, 0.6) is 0 Å². The highest BCUT2D eigenvalue weighted by molar-refractivity contribution is 5.91. The fourth-order valence-corrected chi connectivity index (χ4v) is 2.87. The number of rotatable bonds is 6. The van der Waals surface area contributed by atoms with E-state index in [4.69, 9.17) is 4.74 Å². The second-order valence-corrected chi connectivity index (χ2v) is 6.46. The molecule has 1 aromatic heterocycles. The Morgan fingerprint density at radius 3 is 2.42 bits per heavy atom. The second kappa shape index (κ2) is 7.97. The fourth-order valence-electron chi connectivity index (χ4n) is 2.87. The van der Waals surface area contributed by atoms with Gasteiger partial charge >= 0.3 is 0 Å². The molecule has 0 spiro atoms. The van der Waals surface area contributed by atoms with Crippen LogP contribution in [0.3, 0.4) is 0 Å². The quantitative estimate of drug-likeness (QED) is 0.733. The molecule has 0 saturated heterocycles. The summed E-state index contributed by atoms with van der Waals surface area (Å²) >= 11 is 0. The zero-order chi connectivity index (χ0) is 18.5. The first-order valence-electron chi connectivity index (χ1n) is 8.58. The number of aryl methyl sites for hydroxylation is 3. The van der Waals surface area contributed by atoms with Crippen molar-refractivity contribution in [3.63, 3.8) is 0 Å². The molecule has 0 radical (unpaired) electrons. The maximum atomic E-state index is 12.3. The molecule has 3 aromatic rings. The van der Waals surface area contributed by atoms with Crippen LogP contribution in [0.1, 0.15) is 22.4 Å². The summed E-state index contributed by atoms with van der Waals surface area (Å²) in [7, 11) is 0. The van der Waals surface area contributed by atoms with Crippen molar-refractivity contribution in [1.29, 1.82) is 0 Å². The summed E-state index contributed by atoms with van der Waals surface area (Å²) in [5, 5.41) is 7.40. The Morgan fingerprint density at radius 1 is 1.04 bits per heavy atom. The summed E-state index contributed by atoms with van der Waals surface area (Å²) in [6.07, 6.45) is 0. The number of hydrogen-bond acceptors (Lipinski definition) is 3. The van der Waals surface area contributed by atoms with E-state index in [9.17, 15) is 4.79 Å². The van der Waals surface area contributed by atoms with Gasteiger partial charge in [-0.3, -0.25) is 4.79 Å². The van der Waals surface area contributed by atoms with E-state index >= 15 is 0 Å². The van der Waals surface area contributed by atoms with Gasteiger partial charge in [-0.2, -0.15) is 5.10 Å². The molecule has 0 atom stereocenters. The van der Waals surface area contributed by atoms with Crippen LogP contribution >= 0.6 is 0 Å². The van der Waals surface area contributed by atoms with Crippen LogP contribution in [0.25, 0.3) is 5.69 Å². The molecule has 0 aliphatic heterocycles. The van der Waals surface area contributed by atoms with Gasteiger partial charge in [0.2, 0.25) is 0 Å². The Hall–Kier alpha value is -2.92. The number of aromatic nitrogens is 2. The SMILES string of the molecule is Cc1cc(C)cc(-n2nc(C)cc2NC(=O)COCc2ccccc2)c1. The second-order valence-electron chi connectivity index (χ2n) is 6.46. The monoisotopic (exact) mass is 349 g/mol. The lowest BCUT2D eigenvalue weighted by Gasteiger charge is -2.11. The molecule has 0 fully saturated rings. The summed E-state index contributed by atoms with van der Waals surface area (Å²) in [6, 6.07) is 17.8. The molecule has 0 aliphatic rings. The van der Waals surface area contributed by atoms with Crippen LogP contribution in [-0.4, -0.2) is 22.3 Å². The van der Waals surface area contributed by atoms with Crippen LogP contribution in [0, 0.1) is 20.8 Å². The number of carbonyl (C=O) groups excluding carboxylic acids is 1. The van der Waals surface area contributed by atoms with Crippen molar-refractivity contribution < 1.29 is 9.53 Å². The molecular weight excluding hydrogens is 326 g/mol. The molecule has 26 heavy (non-hydrogen) atoms. The van der Waals surface area contributed by atoms with E-state index in [0.29, 0.717) is 12.4 Å². The predicted molar refractivity (Wildman–Crippen MR) is 103 cm³/mol. The first kappa shape index (κ1) is 17.9. The maximum Gasteiger partial charge on any atom is 0.251 e. The Bertz CT molecular complexity index is 881. The normalized spacial score (nSPS) is 10.7. The summed E-state index contributed by atoms with van der Waals surface area (Å²) in [6.45, 7) is 6.39. The average Bonchev–Trinajstić information content (AvgIpc) is 2.95. The maximum absolute atomic E-state index is 12.3. The number of nitrogens with zero attached hydrogens (tertiary/aromatic N) is 2. The van der Waals surface area contributed by atoms with Gasteiger partial charge < -0.3 is 10.1 Å². The van der Waals surface area contributed by atoms with E-state index in [1.165, 1.54) is 0 Å². The van der Waals surface area contributed by atoms with Crippen molar-refractivity contribution in [3.8, 4) is 5.69 Å². The molecule has 5 nitrogen and oxygen atoms in total. The molecule has 0 bridgehead atoms. The number of nitrogens with one attached hydrogen (secondary N) is 1. The van der Waals surface area contributed by atoms with E-state index in [-0.39, 0.29) is 12.5 Å². The molecule has 1 heterocycles. The van der Waals surface area contributed by atoms with Crippen molar-refractivity contribution in [3.05, 3.63) is 77.0 Å². The lowest BCUT2D eigenvalue weighted by molar-refractivity contribution is -0.121. The molecule has 1 amide bonds. The number of anilines is 1. The van der Waals surface area contributed by atoms with Crippen molar-refractivity contribution in [2.45, 2.75) is 27.4 Å². The Labute approximate surface area is 153 Å². The summed E-state index contributed by atoms with van der Waals surface area (Å²) in [5.41, 5.74) is 5.10. The van der Waals surface area contributed by atoms with Gasteiger partial charge in [-0.05, 0) is 49.6 Å². The molecule has 3 rings (SSSR count). The Morgan fingerprint density at radius 2 is 1.73 bits per heavy atom. The zero-order valence-electron chi connectivity index (χ0n) is 15.3. The first-order valence-corrected chi connectivity index (χ1v) is 8.58. The molecule has 5 heteroatoms. The van der Waals surface area contributed by atoms with Crippen LogP contribution < -0.4 is 5.32 Å². The van der Waals surface area contributed by atoms with Gasteiger partial charge in [0.15, 0.2) is 0 Å². The highest BCUT2D eigenvalue weighted by Crippen LogP contribution is 2.19. The number of amides is 1. The number of hydrogen-bond donors (Lipinski definition) is 1. The minimum Gasteiger partial charge on any atom is -0.367 e. The lowest BCUT2D eigenvalue weighted by atomic mass is 10.1. The van der Waals surface area contributed by atoms with Crippen molar-refractivity contribution in [1.82, 2.24) is 9.78 Å². The van der Waals surface area contributed by atoms with Crippen LogP contribution in [0.2, 0.25) is 0 Å². The molecule has 0 saturated carbocycles. The third kappa shape index (κ3) is 4.58. The van der Waals surface area contributed by atoms with Crippen molar-refractivity contribution in [2.75, 3.05) is 11.9 Å². The summed E-state index contributed by atoms with van der Waals surface area (Å²) in [4.78, 5) is 12.3. The highest BCUT2D eigenvalue weighted by Gasteiger charge is 2.12. The van der Waals surface area contributed by atoms with Gasteiger partial charge in [-0.1, -0.05) is 36.4 Å². The smallest absolute Gasteiger partial charge is 0.251 e. The minimum atomic E-state index is -0.202. The Balaban J connectivity index is 1.67. The number of carbonyl (C=O) groups is 1.